The number of fused-ring (bicyclic) bond motifs is 1. The van der Waals surface area contributed by atoms with Crippen molar-refractivity contribution in [3.05, 3.63) is 36.0 Å². The second-order valence-electron chi connectivity index (χ2n) is 6.20. The molecule has 1 saturated heterocycles. The molecule has 1 aromatic heterocycles. The highest BCUT2D eigenvalue weighted by Crippen LogP contribution is 2.25. The average Bonchev–Trinajstić information content (AvgIpc) is 3.11. The van der Waals surface area contributed by atoms with Crippen LogP contribution in [-0.4, -0.2) is 34.8 Å². The molecule has 1 aromatic carbocycles. The van der Waals surface area contributed by atoms with Crippen molar-refractivity contribution in [3.63, 3.8) is 0 Å². The Bertz CT molecular complexity index is 772. The molecule has 5 nitrogen and oxygen atoms in total. The van der Waals surface area contributed by atoms with E-state index in [9.17, 15) is 9.59 Å². The van der Waals surface area contributed by atoms with Gasteiger partial charge in [0.1, 0.15) is 0 Å². The number of hydrogen-bond acceptors (Lipinski definition) is 3. The molecule has 0 bridgehead atoms. The zero-order valence-corrected chi connectivity index (χ0v) is 14.2. The molecule has 1 N–H and O–H groups in total. The molecule has 0 unspecified atom stereocenters. The molecule has 5 heteroatoms. The van der Waals surface area contributed by atoms with Crippen LogP contribution in [0.1, 0.15) is 32.4 Å². The van der Waals surface area contributed by atoms with Crippen molar-refractivity contribution in [1.82, 2.24) is 9.88 Å². The van der Waals surface area contributed by atoms with Gasteiger partial charge in [0, 0.05) is 30.6 Å². The molecule has 2 aromatic rings. The SMILES string of the molecule is CCC(=O)N1CC[C@@H](C(=O)Nc2cc(CC)nc3ccccc23)C1. The van der Waals surface area contributed by atoms with Gasteiger partial charge in [-0.3, -0.25) is 14.6 Å². The molecule has 126 valence electrons. The maximum absolute atomic E-state index is 12.6. The highest BCUT2D eigenvalue weighted by molar-refractivity contribution is 6.02. The molecule has 1 aliphatic rings. The third-order valence-corrected chi connectivity index (χ3v) is 4.60. The summed E-state index contributed by atoms with van der Waals surface area (Å²) >= 11 is 0. The second-order valence-corrected chi connectivity index (χ2v) is 6.20. The van der Waals surface area contributed by atoms with Gasteiger partial charge in [0.2, 0.25) is 11.8 Å². The second kappa shape index (κ2) is 6.99. The molecule has 3 rings (SSSR count). The fourth-order valence-electron chi connectivity index (χ4n) is 3.17. The minimum Gasteiger partial charge on any atom is -0.342 e. The number of aromatic nitrogens is 1. The van der Waals surface area contributed by atoms with Crippen LogP contribution < -0.4 is 5.32 Å². The number of likely N-dealkylation sites (tertiary alicyclic amines) is 1. The third kappa shape index (κ3) is 3.25. The summed E-state index contributed by atoms with van der Waals surface area (Å²) in [6, 6.07) is 9.78. The van der Waals surface area contributed by atoms with Crippen LogP contribution in [0.5, 0.6) is 0 Å². The van der Waals surface area contributed by atoms with Gasteiger partial charge in [-0.1, -0.05) is 32.0 Å². The number of nitrogens with one attached hydrogen (secondary N) is 1. The van der Waals surface area contributed by atoms with Gasteiger partial charge in [-0.15, -0.1) is 0 Å². The summed E-state index contributed by atoms with van der Waals surface area (Å²) in [6.45, 7) is 5.09. The molecule has 1 aliphatic heterocycles. The van der Waals surface area contributed by atoms with Crippen LogP contribution in [0.15, 0.2) is 30.3 Å². The Morgan fingerprint density at radius 2 is 2.08 bits per heavy atom. The van der Waals surface area contributed by atoms with Crippen LogP contribution in [-0.2, 0) is 16.0 Å². The smallest absolute Gasteiger partial charge is 0.229 e. The minimum absolute atomic E-state index is 0.0141. The lowest BCUT2D eigenvalue weighted by Crippen LogP contribution is -2.31. The quantitative estimate of drug-likeness (QED) is 0.940. The molecular formula is C19H23N3O2. The van der Waals surface area contributed by atoms with Gasteiger partial charge in [0.05, 0.1) is 17.1 Å². The van der Waals surface area contributed by atoms with Gasteiger partial charge in [-0.05, 0) is 25.0 Å². The highest BCUT2D eigenvalue weighted by atomic mass is 16.2. The first-order chi connectivity index (χ1) is 11.6. The zero-order chi connectivity index (χ0) is 17.1. The summed E-state index contributed by atoms with van der Waals surface area (Å²) in [4.78, 5) is 30.8. The fraction of sp³-hybridized carbons (Fsp3) is 0.421. The number of para-hydroxylation sites is 1. The fourth-order valence-corrected chi connectivity index (χ4v) is 3.17. The van der Waals surface area contributed by atoms with E-state index in [1.807, 2.05) is 44.2 Å². The number of benzene rings is 1. The number of pyridine rings is 1. The van der Waals surface area contributed by atoms with Crippen LogP contribution in [0.4, 0.5) is 5.69 Å². The summed E-state index contributed by atoms with van der Waals surface area (Å²) in [5.74, 6) is -0.0368. The number of nitrogens with zero attached hydrogens (tertiary/aromatic N) is 2. The lowest BCUT2D eigenvalue weighted by molar-refractivity contribution is -0.130. The standard InChI is InChI=1S/C19H23N3O2/c1-3-14-11-17(15-7-5-6-8-16(15)20-14)21-19(24)13-9-10-22(12-13)18(23)4-2/h5-8,11,13H,3-4,9-10,12H2,1-2H3,(H,20,21,24)/t13-/m1/s1. The van der Waals surface area contributed by atoms with Gasteiger partial charge < -0.3 is 10.2 Å². The highest BCUT2D eigenvalue weighted by Gasteiger charge is 2.30. The Balaban J connectivity index is 1.80. The summed E-state index contributed by atoms with van der Waals surface area (Å²) in [5.41, 5.74) is 2.65. The van der Waals surface area contributed by atoms with E-state index >= 15 is 0 Å². The maximum atomic E-state index is 12.6. The van der Waals surface area contributed by atoms with Crippen LogP contribution >= 0.6 is 0 Å². The van der Waals surface area contributed by atoms with Crippen molar-refractivity contribution in [1.29, 1.82) is 0 Å². The summed E-state index contributed by atoms with van der Waals surface area (Å²) in [7, 11) is 0. The monoisotopic (exact) mass is 325 g/mol. The van der Waals surface area contributed by atoms with Crippen molar-refractivity contribution in [3.8, 4) is 0 Å². The summed E-state index contributed by atoms with van der Waals surface area (Å²) < 4.78 is 0. The molecular weight excluding hydrogens is 302 g/mol. The molecule has 24 heavy (non-hydrogen) atoms. The number of rotatable bonds is 4. The Morgan fingerprint density at radius 1 is 1.29 bits per heavy atom. The van der Waals surface area contributed by atoms with Crippen LogP contribution in [0.3, 0.4) is 0 Å². The normalized spacial score (nSPS) is 17.2. The molecule has 0 saturated carbocycles. The van der Waals surface area contributed by atoms with Crippen LogP contribution in [0, 0.1) is 5.92 Å². The molecule has 0 spiro atoms. The third-order valence-electron chi connectivity index (χ3n) is 4.60. The van der Waals surface area contributed by atoms with Crippen molar-refractivity contribution in [2.45, 2.75) is 33.1 Å². The van der Waals surface area contributed by atoms with Gasteiger partial charge in [0.25, 0.3) is 0 Å². The predicted octanol–water partition coefficient (Wildman–Crippen LogP) is 2.99. The van der Waals surface area contributed by atoms with Crippen molar-refractivity contribution >= 4 is 28.4 Å². The summed E-state index contributed by atoms with van der Waals surface area (Å²) in [5, 5.41) is 4.01. The number of anilines is 1. The van der Waals surface area contributed by atoms with Crippen LogP contribution in [0.2, 0.25) is 0 Å². The van der Waals surface area contributed by atoms with Gasteiger partial charge >= 0.3 is 0 Å². The molecule has 0 radical (unpaired) electrons. The Kier molecular flexibility index (Phi) is 4.79. The van der Waals surface area contributed by atoms with Gasteiger partial charge in [-0.2, -0.15) is 0 Å². The molecule has 1 fully saturated rings. The number of carbonyl (C=O) groups excluding carboxylic acids is 2. The molecule has 2 heterocycles. The van der Waals surface area contributed by atoms with Crippen molar-refractivity contribution in [2.75, 3.05) is 18.4 Å². The first kappa shape index (κ1) is 16.4. The van der Waals surface area contributed by atoms with E-state index in [0.29, 0.717) is 19.5 Å². The Morgan fingerprint density at radius 3 is 2.83 bits per heavy atom. The van der Waals surface area contributed by atoms with Gasteiger partial charge in [0.15, 0.2) is 0 Å². The van der Waals surface area contributed by atoms with Crippen LogP contribution in [0.25, 0.3) is 10.9 Å². The first-order valence-corrected chi connectivity index (χ1v) is 8.59. The van der Waals surface area contributed by atoms with Crippen molar-refractivity contribution in [2.24, 2.45) is 5.92 Å². The number of aryl methyl sites for hydroxylation is 1. The topological polar surface area (TPSA) is 62.3 Å². The number of carbonyl (C=O) groups is 2. The largest absolute Gasteiger partial charge is 0.342 e. The van der Waals surface area contributed by atoms with Gasteiger partial charge in [-0.25, -0.2) is 0 Å². The van der Waals surface area contributed by atoms with E-state index in [1.54, 1.807) is 4.90 Å². The zero-order valence-electron chi connectivity index (χ0n) is 14.2. The lowest BCUT2D eigenvalue weighted by atomic mass is 10.1. The molecule has 1 atom stereocenters. The Labute approximate surface area is 142 Å². The number of amides is 2. The van der Waals surface area contributed by atoms with E-state index in [0.717, 1.165) is 35.1 Å². The van der Waals surface area contributed by atoms with E-state index in [2.05, 4.69) is 10.3 Å². The summed E-state index contributed by atoms with van der Waals surface area (Å²) in [6.07, 6.45) is 2.03. The maximum Gasteiger partial charge on any atom is 0.229 e. The van der Waals surface area contributed by atoms with E-state index < -0.39 is 0 Å². The predicted molar refractivity (Wildman–Crippen MR) is 94.7 cm³/mol. The average molecular weight is 325 g/mol. The Hall–Kier alpha value is -2.43. The minimum atomic E-state index is -0.141. The lowest BCUT2D eigenvalue weighted by Gasteiger charge is -2.16. The van der Waals surface area contributed by atoms with Crippen molar-refractivity contribution < 1.29 is 9.59 Å². The molecule has 0 aliphatic carbocycles. The van der Waals surface area contributed by atoms with E-state index in [-0.39, 0.29) is 17.7 Å². The van der Waals surface area contributed by atoms with E-state index in [4.69, 9.17) is 0 Å². The van der Waals surface area contributed by atoms with E-state index in [1.165, 1.54) is 0 Å². The molecule has 2 amide bonds. The number of hydrogen-bond donors (Lipinski definition) is 1. The first-order valence-electron chi connectivity index (χ1n) is 8.59.